The second kappa shape index (κ2) is 3.37. The average molecular weight is 182 g/mol. The van der Waals surface area contributed by atoms with E-state index in [0.29, 0.717) is 0 Å². The molecule has 0 bridgehead atoms. The molecule has 1 atom stereocenters. The first kappa shape index (κ1) is 7.95. The van der Waals surface area contributed by atoms with Gasteiger partial charge < -0.3 is 4.74 Å². The number of hydrogen-bond acceptors (Lipinski definition) is 3. The largest absolute Gasteiger partial charge is 0.373 e. The fourth-order valence-corrected chi connectivity index (χ4v) is 2.32. The summed E-state index contributed by atoms with van der Waals surface area (Å²) in [6.07, 6.45) is 3.38. The molecule has 0 N–H and O–H groups in total. The SMILES string of the molecule is O=Cc1ccc(C2CCCO2)s1. The normalized spacial score (nSPS) is 22.8. The standard InChI is InChI=1S/C9H10O2S/c10-6-7-3-4-9(12-7)8-2-1-5-11-8/h3-4,6,8H,1-2,5H2. The lowest BCUT2D eigenvalue weighted by Crippen LogP contribution is -1.90. The van der Waals surface area contributed by atoms with Crippen molar-refractivity contribution in [2.75, 3.05) is 6.61 Å². The molecule has 0 aromatic carbocycles. The highest BCUT2D eigenvalue weighted by Gasteiger charge is 2.18. The Kier molecular flexibility index (Phi) is 2.23. The van der Waals surface area contributed by atoms with Crippen LogP contribution in [-0.4, -0.2) is 12.9 Å². The Morgan fingerprint density at radius 3 is 3.08 bits per heavy atom. The number of carbonyl (C=O) groups is 1. The Morgan fingerprint density at radius 1 is 1.58 bits per heavy atom. The van der Waals surface area contributed by atoms with Crippen LogP contribution < -0.4 is 0 Å². The van der Waals surface area contributed by atoms with Gasteiger partial charge in [-0.15, -0.1) is 11.3 Å². The van der Waals surface area contributed by atoms with Crippen molar-refractivity contribution in [1.29, 1.82) is 0 Å². The molecule has 2 heterocycles. The van der Waals surface area contributed by atoms with E-state index < -0.39 is 0 Å². The quantitative estimate of drug-likeness (QED) is 0.656. The third-order valence-corrected chi connectivity index (χ3v) is 3.11. The number of rotatable bonds is 2. The van der Waals surface area contributed by atoms with Crippen LogP contribution in [0.1, 0.15) is 33.5 Å². The van der Waals surface area contributed by atoms with Gasteiger partial charge >= 0.3 is 0 Å². The summed E-state index contributed by atoms with van der Waals surface area (Å²) in [5, 5.41) is 0. The molecule has 1 fully saturated rings. The zero-order chi connectivity index (χ0) is 8.39. The van der Waals surface area contributed by atoms with Crippen LogP contribution >= 0.6 is 11.3 Å². The van der Waals surface area contributed by atoms with Gasteiger partial charge in [0.2, 0.25) is 0 Å². The van der Waals surface area contributed by atoms with Gasteiger partial charge in [0.15, 0.2) is 6.29 Å². The lowest BCUT2D eigenvalue weighted by atomic mass is 10.2. The van der Waals surface area contributed by atoms with Gasteiger partial charge in [0.05, 0.1) is 11.0 Å². The molecule has 1 aromatic rings. The molecule has 2 nitrogen and oxygen atoms in total. The summed E-state index contributed by atoms with van der Waals surface area (Å²) in [4.78, 5) is 12.4. The van der Waals surface area contributed by atoms with Gasteiger partial charge in [-0.1, -0.05) is 0 Å². The first-order chi connectivity index (χ1) is 5.90. The van der Waals surface area contributed by atoms with E-state index in [4.69, 9.17) is 4.74 Å². The third kappa shape index (κ3) is 1.42. The van der Waals surface area contributed by atoms with Crippen molar-refractivity contribution in [3.05, 3.63) is 21.9 Å². The van der Waals surface area contributed by atoms with Crippen molar-refractivity contribution in [1.82, 2.24) is 0 Å². The fraction of sp³-hybridized carbons (Fsp3) is 0.444. The Morgan fingerprint density at radius 2 is 2.50 bits per heavy atom. The molecular formula is C9H10O2S. The molecule has 2 rings (SSSR count). The van der Waals surface area contributed by atoms with Crippen LogP contribution in [0.5, 0.6) is 0 Å². The predicted octanol–water partition coefficient (Wildman–Crippen LogP) is 2.41. The summed E-state index contributed by atoms with van der Waals surface area (Å²) >= 11 is 1.54. The van der Waals surface area contributed by atoms with Gasteiger partial charge in [-0.05, 0) is 25.0 Å². The van der Waals surface area contributed by atoms with Crippen molar-refractivity contribution < 1.29 is 9.53 Å². The zero-order valence-electron chi connectivity index (χ0n) is 6.66. The fourth-order valence-electron chi connectivity index (χ4n) is 1.41. The van der Waals surface area contributed by atoms with Gasteiger partial charge in [0, 0.05) is 11.5 Å². The van der Waals surface area contributed by atoms with Crippen molar-refractivity contribution in [2.24, 2.45) is 0 Å². The van der Waals surface area contributed by atoms with Crippen LogP contribution in [0.2, 0.25) is 0 Å². The monoisotopic (exact) mass is 182 g/mol. The van der Waals surface area contributed by atoms with Crippen LogP contribution in [0.15, 0.2) is 12.1 Å². The van der Waals surface area contributed by atoms with E-state index in [0.717, 1.165) is 30.6 Å². The molecule has 1 unspecified atom stereocenters. The maximum atomic E-state index is 10.4. The van der Waals surface area contributed by atoms with Crippen molar-refractivity contribution >= 4 is 17.6 Å². The van der Waals surface area contributed by atoms with E-state index in [1.54, 1.807) is 0 Å². The molecule has 64 valence electrons. The molecule has 0 spiro atoms. The lowest BCUT2D eigenvalue weighted by molar-refractivity contribution is 0.112. The highest BCUT2D eigenvalue weighted by molar-refractivity contribution is 7.13. The summed E-state index contributed by atoms with van der Waals surface area (Å²) < 4.78 is 5.49. The molecule has 0 radical (unpaired) electrons. The third-order valence-electron chi connectivity index (χ3n) is 2.01. The molecule has 1 aliphatic rings. The van der Waals surface area contributed by atoms with Gasteiger partial charge in [-0.3, -0.25) is 4.79 Å². The summed E-state index contributed by atoms with van der Waals surface area (Å²) in [5.41, 5.74) is 0. The summed E-state index contributed by atoms with van der Waals surface area (Å²) in [6.45, 7) is 0.860. The summed E-state index contributed by atoms with van der Waals surface area (Å²) in [5.74, 6) is 0. The molecule has 1 saturated heterocycles. The highest BCUT2D eigenvalue weighted by atomic mass is 32.1. The molecule has 3 heteroatoms. The first-order valence-electron chi connectivity index (χ1n) is 4.06. The summed E-state index contributed by atoms with van der Waals surface area (Å²) in [6, 6.07) is 3.85. The minimum absolute atomic E-state index is 0.253. The lowest BCUT2D eigenvalue weighted by Gasteiger charge is -2.04. The Bertz CT molecular complexity index is 274. The molecule has 1 aliphatic heterocycles. The zero-order valence-corrected chi connectivity index (χ0v) is 7.47. The predicted molar refractivity (Wildman–Crippen MR) is 47.6 cm³/mol. The maximum Gasteiger partial charge on any atom is 0.160 e. The van der Waals surface area contributed by atoms with E-state index >= 15 is 0 Å². The number of ether oxygens (including phenoxy) is 1. The number of carbonyl (C=O) groups excluding carboxylic acids is 1. The number of thiophene rings is 1. The molecule has 12 heavy (non-hydrogen) atoms. The second-order valence-electron chi connectivity index (χ2n) is 2.86. The minimum Gasteiger partial charge on any atom is -0.373 e. The number of hydrogen-bond donors (Lipinski definition) is 0. The van der Waals surface area contributed by atoms with Crippen LogP contribution in [-0.2, 0) is 4.74 Å². The van der Waals surface area contributed by atoms with Crippen LogP contribution in [0.3, 0.4) is 0 Å². The van der Waals surface area contributed by atoms with Crippen molar-refractivity contribution in [2.45, 2.75) is 18.9 Å². The number of aldehydes is 1. The van der Waals surface area contributed by atoms with Crippen LogP contribution in [0.25, 0.3) is 0 Å². The molecular weight excluding hydrogens is 172 g/mol. The van der Waals surface area contributed by atoms with E-state index in [-0.39, 0.29) is 6.10 Å². The molecule has 0 aliphatic carbocycles. The molecule has 1 aromatic heterocycles. The Labute approximate surface area is 75.2 Å². The first-order valence-corrected chi connectivity index (χ1v) is 4.88. The van der Waals surface area contributed by atoms with E-state index in [1.165, 1.54) is 16.2 Å². The van der Waals surface area contributed by atoms with Gasteiger partial charge in [0.1, 0.15) is 0 Å². The van der Waals surface area contributed by atoms with Gasteiger partial charge in [-0.25, -0.2) is 0 Å². The highest BCUT2D eigenvalue weighted by Crippen LogP contribution is 2.32. The van der Waals surface area contributed by atoms with E-state index in [9.17, 15) is 4.79 Å². The summed E-state index contributed by atoms with van der Waals surface area (Å²) in [7, 11) is 0. The van der Waals surface area contributed by atoms with Crippen molar-refractivity contribution in [3.63, 3.8) is 0 Å². The second-order valence-corrected chi connectivity index (χ2v) is 4.01. The molecule has 0 amide bonds. The van der Waals surface area contributed by atoms with Gasteiger partial charge in [0.25, 0.3) is 0 Å². The van der Waals surface area contributed by atoms with Crippen molar-refractivity contribution in [3.8, 4) is 0 Å². The molecule has 0 saturated carbocycles. The maximum absolute atomic E-state index is 10.4. The van der Waals surface area contributed by atoms with Gasteiger partial charge in [-0.2, -0.15) is 0 Å². The van der Waals surface area contributed by atoms with Crippen LogP contribution in [0, 0.1) is 0 Å². The van der Waals surface area contributed by atoms with E-state index in [2.05, 4.69) is 0 Å². The topological polar surface area (TPSA) is 26.3 Å². The average Bonchev–Trinajstić information content (AvgIpc) is 2.75. The Hall–Kier alpha value is -0.670. The Balaban J connectivity index is 2.16. The van der Waals surface area contributed by atoms with Crippen LogP contribution in [0.4, 0.5) is 0 Å². The minimum atomic E-state index is 0.253. The van der Waals surface area contributed by atoms with E-state index in [1.807, 2.05) is 12.1 Å². The smallest absolute Gasteiger partial charge is 0.160 e.